The van der Waals surface area contributed by atoms with Crippen LogP contribution in [0, 0.1) is 0 Å². The van der Waals surface area contributed by atoms with Gasteiger partial charge in [-0.25, -0.2) is 0 Å². The van der Waals surface area contributed by atoms with E-state index in [0.29, 0.717) is 0 Å². The van der Waals surface area contributed by atoms with Crippen LogP contribution in [0.4, 0.5) is 0 Å². The Morgan fingerprint density at radius 1 is 0.950 bits per heavy atom. The zero-order chi connectivity index (χ0) is 13.6. The van der Waals surface area contributed by atoms with E-state index in [-0.39, 0.29) is 0 Å². The summed E-state index contributed by atoms with van der Waals surface area (Å²) in [5.74, 6) is 0. The van der Waals surface area contributed by atoms with Crippen molar-refractivity contribution < 1.29 is 0 Å². The van der Waals surface area contributed by atoms with Gasteiger partial charge in [0.2, 0.25) is 0 Å². The molecular weight excluding hydrogens is 280 g/mol. The molecule has 1 aliphatic heterocycles. The van der Waals surface area contributed by atoms with Crippen molar-refractivity contribution in [3.63, 3.8) is 0 Å². The van der Waals surface area contributed by atoms with E-state index in [1.165, 1.54) is 27.1 Å². The number of hydrogen-bond donors (Lipinski definition) is 0. The molecule has 0 saturated carbocycles. The fourth-order valence-electron chi connectivity index (χ4n) is 3.12. The van der Waals surface area contributed by atoms with E-state index in [2.05, 4.69) is 60.7 Å². The summed E-state index contributed by atoms with van der Waals surface area (Å²) in [5.41, 5.74) is 3.85. The molecule has 2 aromatic carbocycles. The van der Waals surface area contributed by atoms with Crippen molar-refractivity contribution in [2.75, 3.05) is 0 Å². The van der Waals surface area contributed by atoms with Crippen LogP contribution in [0.15, 0.2) is 71.9 Å². The van der Waals surface area contributed by atoms with Gasteiger partial charge in [-0.05, 0) is 23.1 Å². The van der Waals surface area contributed by atoms with Gasteiger partial charge in [0.1, 0.15) is 9.52 Å². The van der Waals surface area contributed by atoms with Crippen LogP contribution in [0.3, 0.4) is 0 Å². The van der Waals surface area contributed by atoms with Crippen LogP contribution >= 0.6 is 11.6 Å². The van der Waals surface area contributed by atoms with Crippen molar-refractivity contribution in [3.05, 3.63) is 83.1 Å². The van der Waals surface area contributed by atoms with Gasteiger partial charge >= 0.3 is 0 Å². The van der Waals surface area contributed by atoms with Gasteiger partial charge in [-0.3, -0.25) is 0 Å². The minimum atomic E-state index is -0.412. The van der Waals surface area contributed by atoms with Gasteiger partial charge in [0.05, 0.1) is 4.87 Å². The molecule has 96 valence electrons. The predicted molar refractivity (Wildman–Crippen MR) is 86.5 cm³/mol. The summed E-state index contributed by atoms with van der Waals surface area (Å²) < 4.78 is 0. The van der Waals surface area contributed by atoms with Gasteiger partial charge in [0, 0.05) is 0 Å². The molecule has 1 aliphatic carbocycles. The molecule has 0 spiro atoms. The van der Waals surface area contributed by atoms with Crippen LogP contribution < -0.4 is 5.19 Å². The first kappa shape index (κ1) is 12.2. The third-order valence-corrected chi connectivity index (χ3v) is 6.00. The van der Waals surface area contributed by atoms with Crippen LogP contribution in [-0.4, -0.2) is 9.52 Å². The molecular formula is C18H13ClSi. The lowest BCUT2D eigenvalue weighted by Gasteiger charge is -2.32. The zero-order valence-corrected chi connectivity index (χ0v) is 12.7. The molecule has 2 radical (unpaired) electrons. The van der Waals surface area contributed by atoms with Crippen molar-refractivity contribution in [1.82, 2.24) is 0 Å². The molecule has 20 heavy (non-hydrogen) atoms. The third kappa shape index (κ3) is 1.67. The maximum atomic E-state index is 7.12. The molecule has 0 fully saturated rings. The van der Waals surface area contributed by atoms with Gasteiger partial charge in [0.25, 0.3) is 0 Å². The highest BCUT2D eigenvalue weighted by Crippen LogP contribution is 2.50. The van der Waals surface area contributed by atoms with Crippen LogP contribution in [0.2, 0.25) is 0 Å². The summed E-state index contributed by atoms with van der Waals surface area (Å²) in [6, 6.07) is 19.1. The van der Waals surface area contributed by atoms with Crippen LogP contribution in [0.25, 0.3) is 5.57 Å². The highest BCUT2D eigenvalue weighted by atomic mass is 35.5. The highest BCUT2D eigenvalue weighted by molar-refractivity contribution is 6.68. The van der Waals surface area contributed by atoms with Gasteiger partial charge < -0.3 is 0 Å². The second-order valence-electron chi connectivity index (χ2n) is 5.23. The second kappa shape index (κ2) is 4.47. The largest absolute Gasteiger partial charge is 0.122 e. The van der Waals surface area contributed by atoms with Crippen molar-refractivity contribution in [3.8, 4) is 0 Å². The van der Waals surface area contributed by atoms with Crippen molar-refractivity contribution in [1.29, 1.82) is 0 Å². The Balaban J connectivity index is 1.94. The Labute approximate surface area is 126 Å². The van der Waals surface area contributed by atoms with Crippen LogP contribution in [0.1, 0.15) is 17.5 Å². The van der Waals surface area contributed by atoms with E-state index < -0.39 is 4.87 Å². The second-order valence-corrected chi connectivity index (χ2v) is 7.21. The standard InChI is InChI=1S/C18H13ClSi/c19-18(13-7-2-1-3-8-13)12-6-11-16-17(18)14-9-4-5-10-15(14)20-16/h1-11H,12H2. The quantitative estimate of drug-likeness (QED) is 0.553. The number of alkyl halides is 1. The third-order valence-electron chi connectivity index (χ3n) is 4.05. The first-order valence-corrected chi connectivity index (χ1v) is 8.19. The first-order valence-electron chi connectivity index (χ1n) is 6.81. The number of rotatable bonds is 1. The average Bonchev–Trinajstić information content (AvgIpc) is 2.88. The highest BCUT2D eigenvalue weighted by Gasteiger charge is 2.40. The molecule has 1 atom stereocenters. The Bertz CT molecular complexity index is 730. The Kier molecular flexibility index (Phi) is 2.73. The van der Waals surface area contributed by atoms with Crippen LogP contribution in [0.5, 0.6) is 0 Å². The summed E-state index contributed by atoms with van der Waals surface area (Å²) in [6.45, 7) is 0. The number of allylic oxidation sites excluding steroid dienone is 4. The number of benzene rings is 2. The van der Waals surface area contributed by atoms with Gasteiger partial charge in [-0.2, -0.15) is 0 Å². The van der Waals surface area contributed by atoms with E-state index in [4.69, 9.17) is 11.6 Å². The minimum absolute atomic E-state index is 0.412. The summed E-state index contributed by atoms with van der Waals surface area (Å²) in [7, 11) is 0.729. The average molecular weight is 293 g/mol. The fraction of sp³-hybridized carbons (Fsp3) is 0.111. The van der Waals surface area contributed by atoms with Gasteiger partial charge in [0.15, 0.2) is 0 Å². The number of fused-ring (bicyclic) bond motifs is 2. The predicted octanol–water partition coefficient (Wildman–Crippen LogP) is 3.84. The molecule has 4 rings (SSSR count). The summed E-state index contributed by atoms with van der Waals surface area (Å²) in [5, 5.41) is 2.82. The molecule has 1 heterocycles. The summed E-state index contributed by atoms with van der Waals surface area (Å²) >= 11 is 7.12. The lowest BCUT2D eigenvalue weighted by atomic mass is 9.81. The van der Waals surface area contributed by atoms with Crippen molar-refractivity contribution in [2.45, 2.75) is 11.3 Å². The number of hydrogen-bond acceptors (Lipinski definition) is 0. The molecule has 0 bridgehead atoms. The lowest BCUT2D eigenvalue weighted by Crippen LogP contribution is -2.22. The minimum Gasteiger partial charge on any atom is -0.108 e. The lowest BCUT2D eigenvalue weighted by molar-refractivity contribution is 0.785. The molecule has 0 saturated heterocycles. The first-order chi connectivity index (χ1) is 9.79. The maximum absolute atomic E-state index is 7.12. The van der Waals surface area contributed by atoms with Crippen molar-refractivity contribution >= 4 is 31.9 Å². The van der Waals surface area contributed by atoms with Crippen molar-refractivity contribution in [2.24, 2.45) is 0 Å². The molecule has 0 aromatic heterocycles. The fourth-order valence-corrected chi connectivity index (χ4v) is 5.11. The Morgan fingerprint density at radius 2 is 1.70 bits per heavy atom. The van der Waals surface area contributed by atoms with E-state index in [0.717, 1.165) is 15.9 Å². The number of halogens is 1. The van der Waals surface area contributed by atoms with Gasteiger partial charge in [-0.1, -0.05) is 77.1 Å². The molecule has 2 heteroatoms. The van der Waals surface area contributed by atoms with Crippen LogP contribution in [-0.2, 0) is 4.87 Å². The smallest absolute Gasteiger partial charge is 0.108 e. The molecule has 2 aliphatic rings. The molecule has 0 amide bonds. The Morgan fingerprint density at radius 3 is 2.55 bits per heavy atom. The SMILES string of the molecule is ClC1(c2ccccc2)CC=CC2=C1c1ccccc1[Si]2. The zero-order valence-electron chi connectivity index (χ0n) is 10.9. The topological polar surface area (TPSA) is 0 Å². The Hall–Kier alpha value is -1.57. The normalized spacial score (nSPS) is 23.6. The molecule has 0 nitrogen and oxygen atoms in total. The molecule has 1 unspecified atom stereocenters. The van der Waals surface area contributed by atoms with E-state index >= 15 is 0 Å². The molecule has 0 N–H and O–H groups in total. The summed E-state index contributed by atoms with van der Waals surface area (Å²) in [6.07, 6.45) is 5.34. The summed E-state index contributed by atoms with van der Waals surface area (Å²) in [4.78, 5) is -0.412. The molecule has 2 aromatic rings. The van der Waals surface area contributed by atoms with E-state index in [1.54, 1.807) is 0 Å². The van der Waals surface area contributed by atoms with E-state index in [9.17, 15) is 0 Å². The maximum Gasteiger partial charge on any atom is 0.122 e. The van der Waals surface area contributed by atoms with Gasteiger partial charge in [-0.15, -0.1) is 11.6 Å². The monoisotopic (exact) mass is 292 g/mol. The van der Waals surface area contributed by atoms with E-state index in [1.807, 2.05) is 6.07 Å².